The molecule has 2 aromatic carbocycles. The first kappa shape index (κ1) is 24.5. The van der Waals surface area contributed by atoms with E-state index in [1.807, 2.05) is 4.90 Å². The fraction of sp³-hybridized carbons (Fsp3) is 0.280. The van der Waals surface area contributed by atoms with Gasteiger partial charge < -0.3 is 20.7 Å². The Hall–Kier alpha value is -3.66. The summed E-state index contributed by atoms with van der Waals surface area (Å²) in [4.78, 5) is 19.1. The van der Waals surface area contributed by atoms with Gasteiger partial charge in [-0.3, -0.25) is 4.79 Å². The summed E-state index contributed by atoms with van der Waals surface area (Å²) in [5, 5.41) is 2.58. The second kappa shape index (κ2) is 9.91. The highest BCUT2D eigenvalue weighted by atomic mass is 19.1. The maximum Gasteiger partial charge on any atom is 0.258 e. The van der Waals surface area contributed by atoms with Crippen molar-refractivity contribution < 1.29 is 27.1 Å². The van der Waals surface area contributed by atoms with Crippen molar-refractivity contribution in [2.75, 3.05) is 30.4 Å². The van der Waals surface area contributed by atoms with Crippen LogP contribution in [0, 0.1) is 29.2 Å². The molecule has 1 saturated heterocycles. The Morgan fingerprint density at radius 3 is 2.43 bits per heavy atom. The zero-order chi connectivity index (χ0) is 25.3. The van der Waals surface area contributed by atoms with Gasteiger partial charge in [0.05, 0.1) is 41.4 Å². The molecule has 10 heteroatoms. The van der Waals surface area contributed by atoms with Gasteiger partial charge in [-0.25, -0.2) is 22.5 Å². The van der Waals surface area contributed by atoms with E-state index in [2.05, 4.69) is 17.2 Å². The third kappa shape index (κ3) is 4.93. The number of methoxy groups -OCH3 is 1. The number of pyridine rings is 1. The Balaban J connectivity index is 1.72. The van der Waals surface area contributed by atoms with Gasteiger partial charge in [0.15, 0.2) is 0 Å². The first-order chi connectivity index (χ1) is 16.7. The number of benzene rings is 2. The van der Waals surface area contributed by atoms with E-state index in [1.165, 1.54) is 13.3 Å². The average Bonchev–Trinajstić information content (AvgIpc) is 2.80. The minimum absolute atomic E-state index is 0.0887. The van der Waals surface area contributed by atoms with E-state index in [-0.39, 0.29) is 17.6 Å². The number of amides is 1. The lowest BCUT2D eigenvalue weighted by Gasteiger charge is -2.37. The van der Waals surface area contributed by atoms with Gasteiger partial charge in [-0.05, 0) is 36.6 Å². The summed E-state index contributed by atoms with van der Waals surface area (Å²) in [5.74, 6) is -5.25. The van der Waals surface area contributed by atoms with Gasteiger partial charge in [0.25, 0.3) is 5.91 Å². The lowest BCUT2D eigenvalue weighted by molar-refractivity contribution is 0.102. The summed E-state index contributed by atoms with van der Waals surface area (Å²) >= 11 is 0. The van der Waals surface area contributed by atoms with E-state index in [0.29, 0.717) is 24.7 Å². The maximum atomic E-state index is 15.3. The van der Waals surface area contributed by atoms with Crippen LogP contribution in [-0.2, 0) is 0 Å². The summed E-state index contributed by atoms with van der Waals surface area (Å²) in [6.07, 6.45) is 2.20. The Morgan fingerprint density at radius 1 is 1.09 bits per heavy atom. The summed E-state index contributed by atoms with van der Waals surface area (Å²) in [5.41, 5.74) is 4.55. The smallest absolute Gasteiger partial charge is 0.258 e. The highest BCUT2D eigenvalue weighted by Gasteiger charge is 2.27. The molecule has 2 heterocycles. The molecule has 6 nitrogen and oxygen atoms in total. The Bertz CT molecular complexity index is 1240. The van der Waals surface area contributed by atoms with Gasteiger partial charge in [0, 0.05) is 25.2 Å². The van der Waals surface area contributed by atoms with Gasteiger partial charge in [-0.2, -0.15) is 0 Å². The fourth-order valence-corrected chi connectivity index (χ4v) is 4.38. The van der Waals surface area contributed by atoms with Crippen LogP contribution in [0.25, 0.3) is 11.1 Å². The van der Waals surface area contributed by atoms with Crippen LogP contribution in [0.1, 0.15) is 23.7 Å². The zero-order valence-electron chi connectivity index (χ0n) is 19.1. The number of rotatable bonds is 5. The predicted molar refractivity (Wildman–Crippen MR) is 124 cm³/mol. The van der Waals surface area contributed by atoms with Crippen molar-refractivity contribution in [3.05, 3.63) is 71.4 Å². The number of nitrogens with two attached hydrogens (primary N) is 1. The van der Waals surface area contributed by atoms with Crippen molar-refractivity contribution in [2.24, 2.45) is 11.7 Å². The summed E-state index contributed by atoms with van der Waals surface area (Å²) in [7, 11) is 1.45. The zero-order valence-corrected chi connectivity index (χ0v) is 19.1. The third-order valence-corrected chi connectivity index (χ3v) is 5.90. The number of ether oxygens (including phenoxy) is 1. The molecule has 2 atom stereocenters. The quantitative estimate of drug-likeness (QED) is 0.507. The second-order valence-corrected chi connectivity index (χ2v) is 8.58. The van der Waals surface area contributed by atoms with Crippen LogP contribution < -0.4 is 20.7 Å². The number of nitrogens with zero attached hydrogens (tertiary/aromatic N) is 2. The first-order valence-corrected chi connectivity index (χ1v) is 11.0. The molecule has 1 aromatic heterocycles. The number of hydrogen-bond acceptors (Lipinski definition) is 5. The van der Waals surface area contributed by atoms with Gasteiger partial charge in [0.1, 0.15) is 23.3 Å². The van der Waals surface area contributed by atoms with Crippen molar-refractivity contribution in [3.8, 4) is 17.0 Å². The Labute approximate surface area is 199 Å². The lowest BCUT2D eigenvalue weighted by atomic mass is 9.96. The maximum absolute atomic E-state index is 15.3. The number of carbonyl (C=O) groups excluding carboxylic acids is 1. The predicted octanol–water partition coefficient (Wildman–Crippen LogP) is 4.74. The molecule has 3 N–H and O–H groups in total. The highest BCUT2D eigenvalue weighted by molar-refractivity contribution is 6.06. The molecule has 0 aliphatic carbocycles. The highest BCUT2D eigenvalue weighted by Crippen LogP contribution is 2.35. The molecule has 35 heavy (non-hydrogen) atoms. The Kier molecular flexibility index (Phi) is 6.93. The fourth-order valence-electron chi connectivity index (χ4n) is 4.38. The molecule has 0 spiro atoms. The van der Waals surface area contributed by atoms with Crippen LogP contribution in [0.15, 0.2) is 42.6 Å². The van der Waals surface area contributed by atoms with E-state index < -0.39 is 45.9 Å². The molecule has 4 rings (SSSR count). The second-order valence-electron chi connectivity index (χ2n) is 8.58. The number of hydrogen-bond donors (Lipinski definition) is 2. The van der Waals surface area contributed by atoms with E-state index in [1.54, 1.807) is 6.07 Å². The molecule has 1 amide bonds. The van der Waals surface area contributed by atoms with Crippen molar-refractivity contribution in [1.29, 1.82) is 0 Å². The van der Waals surface area contributed by atoms with Crippen molar-refractivity contribution >= 4 is 17.3 Å². The van der Waals surface area contributed by atoms with Gasteiger partial charge >= 0.3 is 0 Å². The molecule has 1 aliphatic heterocycles. The first-order valence-electron chi connectivity index (χ1n) is 11.0. The number of nitrogens with one attached hydrogen (secondary N) is 1. The van der Waals surface area contributed by atoms with E-state index in [9.17, 15) is 18.0 Å². The average molecular weight is 488 g/mol. The van der Waals surface area contributed by atoms with E-state index in [0.717, 1.165) is 36.8 Å². The molecule has 0 saturated carbocycles. The van der Waals surface area contributed by atoms with Crippen molar-refractivity contribution in [1.82, 2.24) is 4.98 Å². The largest absolute Gasteiger partial charge is 0.481 e. The van der Waals surface area contributed by atoms with Crippen molar-refractivity contribution in [2.45, 2.75) is 19.4 Å². The van der Waals surface area contributed by atoms with Gasteiger partial charge in [-0.1, -0.05) is 13.0 Å². The van der Waals surface area contributed by atoms with E-state index >= 15 is 4.39 Å². The number of aromatic nitrogens is 1. The molecular weight excluding hydrogens is 464 g/mol. The van der Waals surface area contributed by atoms with Gasteiger partial charge in [-0.15, -0.1) is 0 Å². The molecule has 3 aromatic rings. The van der Waals surface area contributed by atoms with Crippen LogP contribution in [0.3, 0.4) is 0 Å². The Morgan fingerprint density at radius 2 is 1.77 bits per heavy atom. The summed E-state index contributed by atoms with van der Waals surface area (Å²) in [6, 6.07) is 6.07. The van der Waals surface area contributed by atoms with E-state index in [4.69, 9.17) is 10.5 Å². The monoisotopic (exact) mass is 488 g/mol. The van der Waals surface area contributed by atoms with Crippen molar-refractivity contribution in [3.63, 3.8) is 0 Å². The molecule has 0 radical (unpaired) electrons. The van der Waals surface area contributed by atoms with Crippen LogP contribution in [0.4, 0.5) is 28.9 Å². The minimum Gasteiger partial charge on any atom is -0.481 e. The standard InChI is InChI=1S/C25H24F4N4O2/c1-13-8-14(30)12-33(11-13)20-9-21(35-2)31-10-19(20)32-25(34)15-6-7-18(28)23(24(15)29)22-16(26)4-3-5-17(22)27/h3-7,9-10,13-14H,8,11-12,30H2,1-2H3,(H,32,34)/t13-,14+/m1/s1. The van der Waals surface area contributed by atoms with Crippen LogP contribution in [-0.4, -0.2) is 37.1 Å². The number of halogens is 4. The van der Waals surface area contributed by atoms with Gasteiger partial charge in [0.2, 0.25) is 5.88 Å². The molecular formula is C25H24F4N4O2. The van der Waals surface area contributed by atoms with Crippen LogP contribution >= 0.6 is 0 Å². The van der Waals surface area contributed by atoms with Crippen LogP contribution in [0.2, 0.25) is 0 Å². The number of carbonyl (C=O) groups is 1. The summed E-state index contributed by atoms with van der Waals surface area (Å²) in [6.45, 7) is 3.23. The topological polar surface area (TPSA) is 80.5 Å². The summed E-state index contributed by atoms with van der Waals surface area (Å²) < 4.78 is 63.5. The lowest BCUT2D eigenvalue weighted by Crippen LogP contribution is -2.46. The van der Waals surface area contributed by atoms with Crippen LogP contribution in [0.5, 0.6) is 5.88 Å². The molecule has 0 unspecified atom stereocenters. The third-order valence-electron chi connectivity index (χ3n) is 5.90. The SMILES string of the molecule is COc1cc(N2C[C@H](C)C[C@H](N)C2)c(NC(=O)c2ccc(F)c(-c3c(F)cccc3F)c2F)cn1. The molecule has 0 bridgehead atoms. The number of anilines is 2. The number of piperidine rings is 1. The molecule has 1 fully saturated rings. The molecule has 1 aliphatic rings. The minimum atomic E-state index is -1.39. The molecule has 184 valence electrons. The normalized spacial score (nSPS) is 17.9.